The molecule has 41 heavy (non-hydrogen) atoms. The van der Waals surface area contributed by atoms with Crippen molar-refractivity contribution in [2.75, 3.05) is 7.11 Å². The molecule has 0 aromatic heterocycles. The Morgan fingerprint density at radius 3 is 2.46 bits per heavy atom. The van der Waals surface area contributed by atoms with E-state index in [1.54, 1.807) is 12.1 Å². The second-order valence-corrected chi connectivity index (χ2v) is 11.6. The molecule has 3 N–H and O–H groups in total. The fourth-order valence-corrected chi connectivity index (χ4v) is 6.25. The van der Waals surface area contributed by atoms with Crippen molar-refractivity contribution in [1.82, 2.24) is 0 Å². The lowest BCUT2D eigenvalue weighted by atomic mass is 9.83. The molecule has 1 saturated carbocycles. The number of benzene rings is 2. The van der Waals surface area contributed by atoms with Gasteiger partial charge in [-0.05, 0) is 79.8 Å². The van der Waals surface area contributed by atoms with E-state index in [1.807, 2.05) is 12.1 Å². The van der Waals surface area contributed by atoms with Gasteiger partial charge >= 0.3 is 5.97 Å². The first-order valence-corrected chi connectivity index (χ1v) is 15.2. The summed E-state index contributed by atoms with van der Waals surface area (Å²) in [6.45, 7) is 3.59. The SMILES string of the molecule is CCCCC[C@H](Cc1ccc(O)c(OC)c1)[C@@H]1C[C@@H](OC(C)=O)C[C@@H](c2cc(O)c(O)c(OC3CCCCC3)c2)O1. The summed E-state index contributed by atoms with van der Waals surface area (Å²) in [5.74, 6) is 0.0645. The fourth-order valence-electron chi connectivity index (χ4n) is 6.25. The topological polar surface area (TPSA) is 115 Å². The third-order valence-corrected chi connectivity index (χ3v) is 8.38. The molecular formula is C33H46O8. The molecule has 1 heterocycles. The summed E-state index contributed by atoms with van der Waals surface area (Å²) < 4.78 is 24.0. The Balaban J connectivity index is 1.61. The van der Waals surface area contributed by atoms with Crippen molar-refractivity contribution in [3.63, 3.8) is 0 Å². The van der Waals surface area contributed by atoms with Crippen LogP contribution in [0.25, 0.3) is 0 Å². The van der Waals surface area contributed by atoms with Gasteiger partial charge < -0.3 is 34.3 Å². The number of hydrogen-bond donors (Lipinski definition) is 3. The Kier molecular flexibility index (Phi) is 11.0. The van der Waals surface area contributed by atoms with Crippen LogP contribution in [0.1, 0.15) is 102 Å². The smallest absolute Gasteiger partial charge is 0.302 e. The highest BCUT2D eigenvalue weighted by molar-refractivity contribution is 5.66. The maximum Gasteiger partial charge on any atom is 0.302 e. The summed E-state index contributed by atoms with van der Waals surface area (Å²) in [5, 5.41) is 31.3. The number of unbranched alkanes of at least 4 members (excludes halogenated alkanes) is 2. The minimum atomic E-state index is -0.457. The number of phenols is 3. The molecule has 2 aromatic carbocycles. The number of ether oxygens (including phenoxy) is 4. The van der Waals surface area contributed by atoms with Gasteiger partial charge in [0.2, 0.25) is 5.75 Å². The van der Waals surface area contributed by atoms with Gasteiger partial charge in [-0.3, -0.25) is 4.79 Å². The molecule has 4 rings (SSSR count). The van der Waals surface area contributed by atoms with E-state index in [2.05, 4.69) is 6.92 Å². The van der Waals surface area contributed by atoms with Gasteiger partial charge in [0.25, 0.3) is 0 Å². The lowest BCUT2D eigenvalue weighted by molar-refractivity contribution is -0.165. The number of carbonyl (C=O) groups is 1. The van der Waals surface area contributed by atoms with Gasteiger partial charge in [0.05, 0.1) is 25.4 Å². The van der Waals surface area contributed by atoms with E-state index in [0.717, 1.165) is 56.9 Å². The predicted molar refractivity (Wildman–Crippen MR) is 156 cm³/mol. The molecule has 0 bridgehead atoms. The lowest BCUT2D eigenvalue weighted by Gasteiger charge is -2.39. The van der Waals surface area contributed by atoms with Gasteiger partial charge in [0.15, 0.2) is 23.0 Å². The molecule has 1 aliphatic heterocycles. The van der Waals surface area contributed by atoms with Crippen molar-refractivity contribution in [3.05, 3.63) is 41.5 Å². The number of hydrogen-bond acceptors (Lipinski definition) is 8. The summed E-state index contributed by atoms with van der Waals surface area (Å²) in [7, 11) is 1.54. The van der Waals surface area contributed by atoms with Crippen LogP contribution < -0.4 is 9.47 Å². The molecule has 2 fully saturated rings. The first-order chi connectivity index (χ1) is 19.8. The van der Waals surface area contributed by atoms with E-state index in [0.29, 0.717) is 30.6 Å². The molecule has 0 spiro atoms. The van der Waals surface area contributed by atoms with Gasteiger partial charge in [0.1, 0.15) is 6.10 Å². The van der Waals surface area contributed by atoms with Crippen LogP contribution in [0.2, 0.25) is 0 Å². The Morgan fingerprint density at radius 1 is 0.976 bits per heavy atom. The molecule has 0 amide bonds. The van der Waals surface area contributed by atoms with E-state index >= 15 is 0 Å². The van der Waals surface area contributed by atoms with E-state index in [9.17, 15) is 20.1 Å². The van der Waals surface area contributed by atoms with Crippen molar-refractivity contribution in [3.8, 4) is 28.7 Å². The highest BCUT2D eigenvalue weighted by atomic mass is 16.6. The Bertz CT molecular complexity index is 1140. The highest BCUT2D eigenvalue weighted by Gasteiger charge is 2.37. The third kappa shape index (κ3) is 8.44. The monoisotopic (exact) mass is 570 g/mol. The normalized spacial score (nSPS) is 22.2. The number of phenolic OH excluding ortho intramolecular Hbond substituents is 3. The molecule has 0 radical (unpaired) electrons. The van der Waals surface area contributed by atoms with Crippen molar-refractivity contribution < 1.29 is 39.1 Å². The van der Waals surface area contributed by atoms with Crippen LogP contribution in [-0.2, 0) is 20.7 Å². The maximum absolute atomic E-state index is 12.0. The number of aromatic hydroxyl groups is 3. The Labute approximate surface area is 243 Å². The Hall–Kier alpha value is -3.13. The van der Waals surface area contributed by atoms with E-state index in [1.165, 1.54) is 26.5 Å². The van der Waals surface area contributed by atoms with Gasteiger partial charge in [-0.15, -0.1) is 0 Å². The quantitative estimate of drug-likeness (QED) is 0.140. The second-order valence-electron chi connectivity index (χ2n) is 11.6. The molecule has 226 valence electrons. The van der Waals surface area contributed by atoms with E-state index in [-0.39, 0.29) is 53.2 Å². The van der Waals surface area contributed by atoms with Crippen LogP contribution in [0, 0.1) is 5.92 Å². The average Bonchev–Trinajstić information content (AvgIpc) is 2.95. The summed E-state index contributed by atoms with van der Waals surface area (Å²) in [5.41, 5.74) is 1.72. The van der Waals surface area contributed by atoms with Crippen LogP contribution in [0.3, 0.4) is 0 Å². The fraction of sp³-hybridized carbons (Fsp3) is 0.606. The number of carbonyl (C=O) groups excluding carboxylic acids is 1. The zero-order valence-electron chi connectivity index (χ0n) is 24.6. The van der Waals surface area contributed by atoms with Gasteiger partial charge in [-0.2, -0.15) is 0 Å². The van der Waals surface area contributed by atoms with Crippen LogP contribution in [0.5, 0.6) is 28.7 Å². The van der Waals surface area contributed by atoms with Crippen LogP contribution in [0.4, 0.5) is 0 Å². The van der Waals surface area contributed by atoms with E-state index < -0.39 is 6.10 Å². The van der Waals surface area contributed by atoms with Gasteiger partial charge in [-0.1, -0.05) is 38.7 Å². The standard InChI is InChI=1S/C33H46O8/c1-4-5-7-10-23(15-22-13-14-27(35)31(16-22)38-3)29-19-26(39-21(2)34)20-30(41-29)24-17-28(36)33(37)32(18-24)40-25-11-8-6-9-12-25/h13-14,16-18,23,25-26,29-30,35-37H,4-12,15,19-20H2,1-3H3/t23-,26-,29+,30+/m1/s1. The van der Waals surface area contributed by atoms with Crippen molar-refractivity contribution >= 4 is 5.97 Å². The molecule has 4 atom stereocenters. The molecule has 2 aliphatic rings. The maximum atomic E-state index is 12.0. The highest BCUT2D eigenvalue weighted by Crippen LogP contribution is 2.44. The zero-order chi connectivity index (χ0) is 29.4. The number of rotatable bonds is 12. The van der Waals surface area contributed by atoms with Crippen molar-refractivity contribution in [2.45, 2.75) is 115 Å². The molecule has 2 aromatic rings. The largest absolute Gasteiger partial charge is 0.504 e. The third-order valence-electron chi connectivity index (χ3n) is 8.38. The second kappa shape index (κ2) is 14.7. The Morgan fingerprint density at radius 2 is 1.76 bits per heavy atom. The lowest BCUT2D eigenvalue weighted by Crippen LogP contribution is -2.39. The van der Waals surface area contributed by atoms with Crippen molar-refractivity contribution in [1.29, 1.82) is 0 Å². The number of methoxy groups -OCH3 is 1. The molecule has 8 nitrogen and oxygen atoms in total. The molecule has 0 unspecified atom stereocenters. The van der Waals surface area contributed by atoms with Gasteiger partial charge in [0, 0.05) is 19.8 Å². The average molecular weight is 571 g/mol. The van der Waals surface area contributed by atoms with Crippen LogP contribution in [0.15, 0.2) is 30.3 Å². The zero-order valence-corrected chi connectivity index (χ0v) is 24.6. The summed E-state index contributed by atoms with van der Waals surface area (Å²) in [6.07, 6.45) is 10.1. The minimum Gasteiger partial charge on any atom is -0.504 e. The number of esters is 1. The summed E-state index contributed by atoms with van der Waals surface area (Å²) in [6, 6.07) is 8.70. The van der Waals surface area contributed by atoms with Crippen molar-refractivity contribution in [2.24, 2.45) is 5.92 Å². The molecule has 1 aliphatic carbocycles. The molecule has 8 heteroatoms. The molecule has 1 saturated heterocycles. The minimum absolute atomic E-state index is 0.00311. The van der Waals surface area contributed by atoms with Gasteiger partial charge in [-0.25, -0.2) is 0 Å². The first kappa shape index (κ1) is 30.8. The van der Waals surface area contributed by atoms with Crippen LogP contribution in [-0.4, -0.2) is 46.7 Å². The first-order valence-electron chi connectivity index (χ1n) is 15.2. The molecular weight excluding hydrogens is 524 g/mol. The predicted octanol–water partition coefficient (Wildman–Crippen LogP) is 7.11. The summed E-state index contributed by atoms with van der Waals surface area (Å²) in [4.78, 5) is 12.0. The van der Waals surface area contributed by atoms with Crippen LogP contribution >= 0.6 is 0 Å². The summed E-state index contributed by atoms with van der Waals surface area (Å²) >= 11 is 0. The van der Waals surface area contributed by atoms with E-state index in [4.69, 9.17) is 18.9 Å².